The maximum absolute atomic E-state index is 12.9. The van der Waals surface area contributed by atoms with Crippen LogP contribution in [0.2, 0.25) is 0 Å². The molecule has 2 atom stereocenters. The molecule has 1 saturated heterocycles. The second-order valence-corrected chi connectivity index (χ2v) is 8.43. The summed E-state index contributed by atoms with van der Waals surface area (Å²) in [6, 6.07) is 11.2. The van der Waals surface area contributed by atoms with Gasteiger partial charge < -0.3 is 19.9 Å². The van der Waals surface area contributed by atoms with E-state index >= 15 is 0 Å². The number of hydrogen-bond donors (Lipinski definition) is 2. The lowest BCUT2D eigenvalue weighted by Crippen LogP contribution is -2.45. The molecule has 0 aliphatic carbocycles. The number of nitrogens with zero attached hydrogens (tertiary/aromatic N) is 1. The van der Waals surface area contributed by atoms with Gasteiger partial charge in [0.25, 0.3) is 5.91 Å². The van der Waals surface area contributed by atoms with Gasteiger partial charge in [-0.2, -0.15) is 8.78 Å². The van der Waals surface area contributed by atoms with E-state index in [1.54, 1.807) is 19.1 Å². The second-order valence-electron chi connectivity index (χ2n) is 8.43. The zero-order valence-corrected chi connectivity index (χ0v) is 18.8. The van der Waals surface area contributed by atoms with Crippen molar-refractivity contribution in [3.05, 3.63) is 59.2 Å². The summed E-state index contributed by atoms with van der Waals surface area (Å²) >= 11 is 0. The first-order chi connectivity index (χ1) is 15.6. The number of hydrogen-bond acceptors (Lipinski definition) is 5. The van der Waals surface area contributed by atoms with E-state index in [-0.39, 0.29) is 18.9 Å². The fourth-order valence-electron chi connectivity index (χ4n) is 3.72. The van der Waals surface area contributed by atoms with Crippen LogP contribution in [0.3, 0.4) is 0 Å². The number of aliphatic hydroxyl groups excluding tert-OH is 1. The lowest BCUT2D eigenvalue weighted by atomic mass is 9.93. The Bertz CT molecular complexity index is 999. The van der Waals surface area contributed by atoms with E-state index in [0.29, 0.717) is 18.6 Å². The quantitative estimate of drug-likeness (QED) is 0.527. The van der Waals surface area contributed by atoms with Crippen LogP contribution in [0.25, 0.3) is 0 Å². The van der Waals surface area contributed by atoms with Crippen LogP contribution in [0.5, 0.6) is 11.5 Å². The van der Waals surface area contributed by atoms with Crippen LogP contribution < -0.4 is 14.8 Å². The van der Waals surface area contributed by atoms with E-state index in [1.165, 1.54) is 12.1 Å². The summed E-state index contributed by atoms with van der Waals surface area (Å²) in [5.41, 5.74) is 1.69. The van der Waals surface area contributed by atoms with Crippen molar-refractivity contribution in [2.45, 2.75) is 51.9 Å². The Balaban J connectivity index is 1.54. The first-order valence-corrected chi connectivity index (χ1v) is 10.6. The lowest BCUT2D eigenvalue weighted by Gasteiger charge is -2.23. The van der Waals surface area contributed by atoms with Gasteiger partial charge in [-0.05, 0) is 62.9 Å². The Labute approximate surface area is 191 Å². The predicted octanol–water partition coefficient (Wildman–Crippen LogP) is 3.59. The number of benzene rings is 2. The van der Waals surface area contributed by atoms with Crippen molar-refractivity contribution in [2.75, 3.05) is 13.2 Å². The van der Waals surface area contributed by atoms with Crippen LogP contribution in [-0.2, 0) is 11.2 Å². The second kappa shape index (κ2) is 10.2. The predicted molar refractivity (Wildman–Crippen MR) is 117 cm³/mol. The summed E-state index contributed by atoms with van der Waals surface area (Å²) in [5, 5.41) is 13.0. The number of amides is 3. The molecule has 1 aliphatic rings. The molecule has 178 valence electrons. The third kappa shape index (κ3) is 6.19. The highest BCUT2D eigenvalue weighted by Gasteiger charge is 2.47. The number of carbonyl (C=O) groups excluding carboxylic acids is 2. The SMILES string of the molecule is Cc1ccc(OCC(O)CN2C(=O)NC(C)(CCc3ccc(OC(F)F)cc3)C2=O)c(C)c1. The first kappa shape index (κ1) is 24.4. The number of nitrogens with one attached hydrogen (secondary N) is 1. The van der Waals surface area contributed by atoms with Crippen molar-refractivity contribution in [1.29, 1.82) is 0 Å². The molecule has 1 aliphatic heterocycles. The molecule has 0 radical (unpaired) electrons. The monoisotopic (exact) mass is 462 g/mol. The Morgan fingerprint density at radius 1 is 1.12 bits per heavy atom. The Kier molecular flexibility index (Phi) is 7.53. The molecule has 9 heteroatoms. The Morgan fingerprint density at radius 2 is 1.82 bits per heavy atom. The number of rotatable bonds is 10. The lowest BCUT2D eigenvalue weighted by molar-refractivity contribution is -0.132. The summed E-state index contributed by atoms with van der Waals surface area (Å²) < 4.78 is 34.5. The molecule has 1 heterocycles. The molecule has 7 nitrogen and oxygen atoms in total. The van der Waals surface area contributed by atoms with Gasteiger partial charge in [0, 0.05) is 0 Å². The molecule has 0 spiro atoms. The van der Waals surface area contributed by atoms with Crippen molar-refractivity contribution in [3.8, 4) is 11.5 Å². The minimum atomic E-state index is -2.89. The molecule has 3 amide bonds. The van der Waals surface area contributed by atoms with E-state index in [2.05, 4.69) is 10.1 Å². The van der Waals surface area contributed by atoms with Crippen molar-refractivity contribution in [1.82, 2.24) is 10.2 Å². The third-order valence-corrected chi connectivity index (χ3v) is 5.56. The van der Waals surface area contributed by atoms with Crippen molar-refractivity contribution < 1.29 is 33.0 Å². The van der Waals surface area contributed by atoms with Crippen molar-refractivity contribution in [2.24, 2.45) is 0 Å². The molecule has 2 N–H and O–H groups in total. The molecule has 33 heavy (non-hydrogen) atoms. The zero-order valence-electron chi connectivity index (χ0n) is 18.8. The topological polar surface area (TPSA) is 88.1 Å². The molecular weight excluding hydrogens is 434 g/mol. The van der Waals surface area contributed by atoms with Crippen LogP contribution in [0.15, 0.2) is 42.5 Å². The smallest absolute Gasteiger partial charge is 0.387 e. The maximum Gasteiger partial charge on any atom is 0.387 e. The number of aliphatic hydroxyl groups is 1. The molecule has 1 fully saturated rings. The average molecular weight is 462 g/mol. The highest BCUT2D eigenvalue weighted by atomic mass is 19.3. The van der Waals surface area contributed by atoms with E-state index < -0.39 is 30.2 Å². The van der Waals surface area contributed by atoms with Crippen LogP contribution >= 0.6 is 0 Å². The molecule has 2 unspecified atom stereocenters. The van der Waals surface area contributed by atoms with Gasteiger partial charge in [-0.1, -0.05) is 29.8 Å². The summed E-state index contributed by atoms with van der Waals surface area (Å²) in [7, 11) is 0. The number of imide groups is 1. The minimum absolute atomic E-state index is 0.0495. The number of halogens is 2. The molecule has 0 saturated carbocycles. The van der Waals surface area contributed by atoms with Crippen LogP contribution in [-0.4, -0.2) is 53.4 Å². The summed E-state index contributed by atoms with van der Waals surface area (Å²) in [6.45, 7) is 2.35. The van der Waals surface area contributed by atoms with Crippen LogP contribution in [0.1, 0.15) is 30.0 Å². The average Bonchev–Trinajstić information content (AvgIpc) is 2.95. The van der Waals surface area contributed by atoms with Crippen molar-refractivity contribution in [3.63, 3.8) is 0 Å². The van der Waals surface area contributed by atoms with Crippen LogP contribution in [0, 0.1) is 13.8 Å². The van der Waals surface area contributed by atoms with Gasteiger partial charge in [0.15, 0.2) is 0 Å². The molecule has 2 aromatic rings. The van der Waals surface area contributed by atoms with E-state index in [9.17, 15) is 23.5 Å². The fraction of sp³-hybridized carbons (Fsp3) is 0.417. The van der Waals surface area contributed by atoms with E-state index in [0.717, 1.165) is 21.6 Å². The summed E-state index contributed by atoms with van der Waals surface area (Å²) in [4.78, 5) is 26.3. The Hall–Kier alpha value is -3.20. The minimum Gasteiger partial charge on any atom is -0.491 e. The number of urea groups is 1. The molecule has 2 aromatic carbocycles. The number of aryl methyl sites for hydroxylation is 3. The maximum atomic E-state index is 12.9. The van der Waals surface area contributed by atoms with Gasteiger partial charge in [-0.15, -0.1) is 0 Å². The zero-order chi connectivity index (χ0) is 24.2. The number of β-amino-alcohol motifs (C(OH)–C–C–N with tert-alkyl or cyclic N) is 1. The number of ether oxygens (including phenoxy) is 2. The van der Waals surface area contributed by atoms with Gasteiger partial charge in [0.2, 0.25) is 0 Å². The standard InChI is InChI=1S/C24H28F2N2O5/c1-15-4-9-20(16(2)12-15)32-14-18(29)13-28-21(30)24(3,27-23(28)31)11-10-17-5-7-19(8-6-17)33-22(25)26/h4-9,12,18,22,29H,10-11,13-14H2,1-3H3,(H,27,31). The van der Waals surface area contributed by atoms with Crippen LogP contribution in [0.4, 0.5) is 13.6 Å². The first-order valence-electron chi connectivity index (χ1n) is 10.6. The largest absolute Gasteiger partial charge is 0.491 e. The van der Waals surface area contributed by atoms with Gasteiger partial charge in [-0.25, -0.2) is 4.79 Å². The van der Waals surface area contributed by atoms with Gasteiger partial charge in [0.05, 0.1) is 6.54 Å². The number of alkyl halides is 2. The highest BCUT2D eigenvalue weighted by Crippen LogP contribution is 2.25. The Morgan fingerprint density at radius 3 is 2.45 bits per heavy atom. The van der Waals surface area contributed by atoms with Gasteiger partial charge in [0.1, 0.15) is 29.7 Å². The highest BCUT2D eigenvalue weighted by molar-refractivity contribution is 6.06. The molecular formula is C24H28F2N2O5. The molecule has 3 rings (SSSR count). The van der Waals surface area contributed by atoms with E-state index in [4.69, 9.17) is 4.74 Å². The summed E-state index contributed by atoms with van der Waals surface area (Å²) in [6.07, 6.45) is -0.313. The van der Waals surface area contributed by atoms with E-state index in [1.807, 2.05) is 32.0 Å². The van der Waals surface area contributed by atoms with Gasteiger partial charge >= 0.3 is 12.6 Å². The number of carbonyl (C=O) groups is 2. The molecule has 0 bridgehead atoms. The normalized spacial score (nSPS) is 19.1. The third-order valence-electron chi connectivity index (χ3n) is 5.56. The summed E-state index contributed by atoms with van der Waals surface area (Å²) in [5.74, 6) is 0.246. The fourth-order valence-corrected chi connectivity index (χ4v) is 3.72. The van der Waals surface area contributed by atoms with Gasteiger partial charge in [-0.3, -0.25) is 9.69 Å². The van der Waals surface area contributed by atoms with Crippen molar-refractivity contribution >= 4 is 11.9 Å². The molecule has 0 aromatic heterocycles.